The first-order chi connectivity index (χ1) is 25.0. The van der Waals surface area contributed by atoms with Crippen LogP contribution in [0, 0.1) is 11.8 Å². The lowest BCUT2D eigenvalue weighted by atomic mass is 9.78. The van der Waals surface area contributed by atoms with Crippen molar-refractivity contribution in [2.45, 2.75) is 62.8 Å². The number of pyridine rings is 2. The molecule has 6 fully saturated rings. The number of carbonyl (C=O) groups excluding carboxylic acids is 2. The highest BCUT2D eigenvalue weighted by molar-refractivity contribution is 9.10. The van der Waals surface area contributed by atoms with Crippen molar-refractivity contribution in [3.8, 4) is 0 Å². The molecule has 0 aliphatic carbocycles. The largest absolute Gasteiger partial charge is 0.444 e. The number of hydrogen-bond donors (Lipinski definition) is 2. The Morgan fingerprint density at radius 3 is 1.51 bits per heavy atom. The number of rotatable bonds is 8. The third kappa shape index (κ3) is 9.13. The topological polar surface area (TPSA) is 109 Å². The Kier molecular flexibility index (Phi) is 11.6. The van der Waals surface area contributed by atoms with Crippen LogP contribution >= 0.6 is 15.9 Å². The molecule has 11 heteroatoms. The average molecular weight is 754 g/mol. The molecule has 4 atom stereocenters. The number of aromatic nitrogens is 2. The Morgan fingerprint density at radius 2 is 1.08 bits per heavy atom. The van der Waals surface area contributed by atoms with Gasteiger partial charge in [0, 0.05) is 52.5 Å². The summed E-state index contributed by atoms with van der Waals surface area (Å²) in [6.45, 7) is 4.36. The predicted octanol–water partition coefficient (Wildman–Crippen LogP) is 7.43. The van der Waals surface area contributed by atoms with E-state index in [-0.39, 0.29) is 36.5 Å². The van der Waals surface area contributed by atoms with Crippen molar-refractivity contribution >= 4 is 39.5 Å². The fourth-order valence-corrected chi connectivity index (χ4v) is 8.42. The number of benzene rings is 2. The number of anilines is 2. The fraction of sp³-hybridized carbons (Fsp3) is 0.400. The molecule has 2 amide bonds. The summed E-state index contributed by atoms with van der Waals surface area (Å²) in [6.07, 6.45) is 12.7. The molecule has 2 N–H and O–H groups in total. The smallest absolute Gasteiger partial charge is 0.411 e. The van der Waals surface area contributed by atoms with Crippen molar-refractivity contribution in [1.29, 1.82) is 0 Å². The minimum absolute atomic E-state index is 0.0635. The van der Waals surface area contributed by atoms with Gasteiger partial charge in [0.1, 0.15) is 12.2 Å². The zero-order valence-electron chi connectivity index (χ0n) is 28.6. The molecule has 4 bridgehead atoms. The van der Waals surface area contributed by atoms with Crippen LogP contribution in [0.25, 0.3) is 0 Å². The number of ether oxygens (including phenoxy) is 2. The number of piperidine rings is 6. The molecule has 2 aromatic carbocycles. The third-order valence-electron chi connectivity index (χ3n) is 10.7. The lowest BCUT2D eigenvalue weighted by molar-refractivity contribution is -0.0742. The molecule has 0 radical (unpaired) electrons. The molecule has 8 heterocycles. The van der Waals surface area contributed by atoms with Crippen molar-refractivity contribution in [2.75, 3.05) is 36.8 Å². The van der Waals surface area contributed by atoms with Gasteiger partial charge in [0.25, 0.3) is 0 Å². The van der Waals surface area contributed by atoms with Crippen molar-refractivity contribution in [3.05, 3.63) is 119 Å². The Labute approximate surface area is 308 Å². The van der Waals surface area contributed by atoms with E-state index in [0.717, 1.165) is 80.6 Å². The number of fused-ring (bicyclic) bond motifs is 6. The molecular formula is C40H45BrN6O4. The molecule has 10 nitrogen and oxygen atoms in total. The highest BCUT2D eigenvalue weighted by atomic mass is 79.9. The van der Waals surface area contributed by atoms with Crippen LogP contribution in [0.5, 0.6) is 0 Å². The van der Waals surface area contributed by atoms with Gasteiger partial charge in [-0.15, -0.1) is 0 Å². The predicted molar refractivity (Wildman–Crippen MR) is 200 cm³/mol. The van der Waals surface area contributed by atoms with Crippen LogP contribution < -0.4 is 10.6 Å². The summed E-state index contributed by atoms with van der Waals surface area (Å²) in [5.74, 6) is 0.894. The lowest BCUT2D eigenvalue weighted by Crippen LogP contribution is -2.60. The van der Waals surface area contributed by atoms with Gasteiger partial charge in [-0.1, -0.05) is 46.3 Å². The average Bonchev–Trinajstić information content (AvgIpc) is 3.17. The highest BCUT2D eigenvalue weighted by Crippen LogP contribution is 2.37. The summed E-state index contributed by atoms with van der Waals surface area (Å²) in [6, 6.07) is 25.5. The Hall–Kier alpha value is -4.32. The maximum Gasteiger partial charge on any atom is 0.411 e. The monoisotopic (exact) mass is 752 g/mol. The normalized spacial score (nSPS) is 27.4. The first kappa shape index (κ1) is 35.1. The SMILES string of the molecule is O=C(Nc1ccc(Br)cc1)OC1C2CCN(CC2)C1Cc1cccnc1.O=C(Nc1ccccc1)OC1C2CCN(CC2)C1Cc1cccnc1. The van der Waals surface area contributed by atoms with Crippen LogP contribution in [0.15, 0.2) is 108 Å². The number of carbonyl (C=O) groups is 2. The molecule has 4 unspecified atom stereocenters. The second-order valence-electron chi connectivity index (χ2n) is 13.9. The van der Waals surface area contributed by atoms with E-state index in [1.807, 2.05) is 79.1 Å². The lowest BCUT2D eigenvalue weighted by Gasteiger charge is -2.50. The van der Waals surface area contributed by atoms with Gasteiger partial charge in [-0.2, -0.15) is 0 Å². The molecule has 2 aromatic heterocycles. The Bertz CT molecular complexity index is 1700. The summed E-state index contributed by atoms with van der Waals surface area (Å²) in [7, 11) is 0. The quantitative estimate of drug-likeness (QED) is 0.191. The number of para-hydroxylation sites is 1. The number of amides is 2. The summed E-state index contributed by atoms with van der Waals surface area (Å²) in [5, 5.41) is 5.69. The van der Waals surface area contributed by atoms with Gasteiger partial charge in [-0.3, -0.25) is 30.4 Å². The number of nitrogens with one attached hydrogen (secondary N) is 2. The van der Waals surface area contributed by atoms with Crippen molar-refractivity contribution in [2.24, 2.45) is 11.8 Å². The molecule has 266 valence electrons. The number of hydrogen-bond acceptors (Lipinski definition) is 8. The van der Waals surface area contributed by atoms with Crippen LogP contribution in [0.1, 0.15) is 36.8 Å². The van der Waals surface area contributed by atoms with Gasteiger partial charge >= 0.3 is 12.2 Å². The van der Waals surface area contributed by atoms with Gasteiger partial charge in [0.15, 0.2) is 0 Å². The summed E-state index contributed by atoms with van der Waals surface area (Å²) in [5.41, 5.74) is 3.88. The number of nitrogens with zero attached hydrogens (tertiary/aromatic N) is 4. The van der Waals surface area contributed by atoms with Crippen LogP contribution in [0.2, 0.25) is 0 Å². The molecule has 0 saturated carbocycles. The van der Waals surface area contributed by atoms with Gasteiger partial charge in [0.2, 0.25) is 0 Å². The first-order valence-electron chi connectivity index (χ1n) is 18.0. The molecule has 10 rings (SSSR count). The highest BCUT2D eigenvalue weighted by Gasteiger charge is 2.45. The van der Waals surface area contributed by atoms with E-state index in [4.69, 9.17) is 9.47 Å². The van der Waals surface area contributed by atoms with Crippen LogP contribution in [-0.4, -0.2) is 82.4 Å². The van der Waals surface area contributed by atoms with E-state index in [1.165, 1.54) is 11.1 Å². The van der Waals surface area contributed by atoms with Crippen LogP contribution in [-0.2, 0) is 22.3 Å². The minimum Gasteiger partial charge on any atom is -0.444 e. The summed E-state index contributed by atoms with van der Waals surface area (Å²) < 4.78 is 12.8. The Morgan fingerprint density at radius 1 is 0.627 bits per heavy atom. The van der Waals surface area contributed by atoms with E-state index in [2.05, 4.69) is 58.5 Å². The second kappa shape index (κ2) is 16.8. The summed E-state index contributed by atoms with van der Waals surface area (Å²) >= 11 is 3.40. The maximum atomic E-state index is 12.5. The fourth-order valence-electron chi connectivity index (χ4n) is 8.16. The second-order valence-corrected chi connectivity index (χ2v) is 14.8. The van der Waals surface area contributed by atoms with Crippen molar-refractivity contribution in [3.63, 3.8) is 0 Å². The van der Waals surface area contributed by atoms with Crippen molar-refractivity contribution in [1.82, 2.24) is 19.8 Å². The zero-order chi connectivity index (χ0) is 35.0. The zero-order valence-corrected chi connectivity index (χ0v) is 30.2. The van der Waals surface area contributed by atoms with Gasteiger partial charge in [-0.05, 0) is 124 Å². The molecule has 6 aliphatic rings. The Balaban J connectivity index is 0.000000159. The van der Waals surface area contributed by atoms with E-state index in [9.17, 15) is 9.59 Å². The molecule has 51 heavy (non-hydrogen) atoms. The molecule has 6 saturated heterocycles. The van der Waals surface area contributed by atoms with E-state index < -0.39 is 0 Å². The van der Waals surface area contributed by atoms with E-state index >= 15 is 0 Å². The van der Waals surface area contributed by atoms with Gasteiger partial charge in [-0.25, -0.2) is 9.59 Å². The molecule has 0 spiro atoms. The van der Waals surface area contributed by atoms with Gasteiger partial charge < -0.3 is 9.47 Å². The van der Waals surface area contributed by atoms with Crippen LogP contribution in [0.4, 0.5) is 21.0 Å². The van der Waals surface area contributed by atoms with Gasteiger partial charge in [0.05, 0.1) is 12.1 Å². The van der Waals surface area contributed by atoms with E-state index in [1.54, 1.807) is 12.4 Å². The van der Waals surface area contributed by atoms with Crippen molar-refractivity contribution < 1.29 is 19.1 Å². The minimum atomic E-state index is -0.373. The van der Waals surface area contributed by atoms with E-state index in [0.29, 0.717) is 11.8 Å². The molecular weight excluding hydrogens is 708 g/mol. The van der Waals surface area contributed by atoms with Crippen LogP contribution in [0.3, 0.4) is 0 Å². The number of halogens is 1. The molecule has 6 aliphatic heterocycles. The standard InChI is InChI=1S/C20H22BrN3O2.C20H23N3O2/c21-16-3-5-17(6-4-16)23-20(25)26-19-15-7-10-24(11-8-15)18(19)12-14-2-1-9-22-13-14;24-20(22-17-6-2-1-3-7-17)25-19-16-8-11-23(12-9-16)18(19)13-15-5-4-10-21-14-15/h1-6,9,13,15,18-19H,7-8,10-12H2,(H,23,25);1-7,10,14,16,18-19H,8-9,11-13H2,(H,22,24). The summed E-state index contributed by atoms with van der Waals surface area (Å²) in [4.78, 5) is 38.2. The molecule has 4 aromatic rings. The third-order valence-corrected chi connectivity index (χ3v) is 11.2. The maximum absolute atomic E-state index is 12.5. The first-order valence-corrected chi connectivity index (χ1v) is 18.8.